The van der Waals surface area contributed by atoms with Crippen LogP contribution >= 0.6 is 0 Å². The topological polar surface area (TPSA) is 34.1 Å². The average Bonchev–Trinajstić information content (AvgIpc) is 2.04. The fourth-order valence-corrected chi connectivity index (χ4v) is 1.40. The van der Waals surface area contributed by atoms with Crippen LogP contribution in [0.4, 0.5) is 0 Å². The molecule has 1 aromatic carbocycles. The molecule has 0 saturated carbocycles. The summed E-state index contributed by atoms with van der Waals surface area (Å²) in [4.78, 5) is 22.3. The Morgan fingerprint density at radius 2 is 1.43 bits per heavy atom. The average molecular weight is 200 g/mol. The predicted molar refractivity (Wildman–Crippen MR) is 57.7 cm³/mol. The summed E-state index contributed by atoms with van der Waals surface area (Å²) in [6.45, 7) is 2.89. The molecule has 1 aromatic rings. The number of hydrogen-bond donors (Lipinski definition) is 0. The van der Waals surface area contributed by atoms with Gasteiger partial charge in [-0.3, -0.25) is 9.59 Å². The van der Waals surface area contributed by atoms with Gasteiger partial charge in [-0.2, -0.15) is 0 Å². The maximum absolute atomic E-state index is 11.2. The van der Waals surface area contributed by atoms with Gasteiger partial charge in [0.1, 0.15) is 17.5 Å². The van der Waals surface area contributed by atoms with Gasteiger partial charge in [0.15, 0.2) is 0 Å². The number of carbonyl (C=O) groups is 2. The van der Waals surface area contributed by atoms with Crippen LogP contribution in [0.3, 0.4) is 0 Å². The molecule has 70 valence electrons. The van der Waals surface area contributed by atoms with E-state index >= 15 is 0 Å². The summed E-state index contributed by atoms with van der Waals surface area (Å²) in [6, 6.07) is 9.12. The van der Waals surface area contributed by atoms with E-state index < -0.39 is 5.92 Å². The molecule has 0 aliphatic carbocycles. The van der Waals surface area contributed by atoms with Gasteiger partial charge in [-0.15, -0.1) is 0 Å². The zero-order valence-corrected chi connectivity index (χ0v) is 7.78. The summed E-state index contributed by atoms with van der Waals surface area (Å²) >= 11 is 0. The van der Waals surface area contributed by atoms with Gasteiger partial charge in [-0.25, -0.2) is 0 Å². The number of ketones is 2. The van der Waals surface area contributed by atoms with Crippen molar-refractivity contribution in [3.63, 3.8) is 0 Å². The van der Waals surface area contributed by atoms with Gasteiger partial charge in [-0.05, 0) is 19.4 Å². The van der Waals surface area contributed by atoms with Crippen LogP contribution in [0.1, 0.15) is 25.3 Å². The Morgan fingerprint density at radius 3 is 1.79 bits per heavy atom. The predicted octanol–water partition coefficient (Wildman–Crippen LogP) is 1.30. The van der Waals surface area contributed by atoms with Crippen molar-refractivity contribution in [2.45, 2.75) is 19.8 Å². The van der Waals surface area contributed by atoms with E-state index in [-0.39, 0.29) is 41.1 Å². The van der Waals surface area contributed by atoms with Crippen molar-refractivity contribution in [1.29, 1.82) is 0 Å². The molecule has 0 unspecified atom stereocenters. The summed E-state index contributed by atoms with van der Waals surface area (Å²) in [5.41, 5.74) is 0.780. The molecule has 0 amide bonds. The third kappa shape index (κ3) is 3.37. The van der Waals surface area contributed by atoms with Crippen LogP contribution in [-0.4, -0.2) is 41.1 Å². The van der Waals surface area contributed by atoms with Crippen LogP contribution in [-0.2, 0) is 9.59 Å². The van der Waals surface area contributed by atoms with Gasteiger partial charge >= 0.3 is 29.6 Å². The van der Waals surface area contributed by atoms with E-state index in [0.29, 0.717) is 0 Å². The molecular formula is C11H13NaO2. The first-order chi connectivity index (χ1) is 6.13. The molecule has 0 radical (unpaired) electrons. The van der Waals surface area contributed by atoms with E-state index in [1.54, 1.807) is 12.1 Å². The third-order valence-corrected chi connectivity index (χ3v) is 1.95. The Kier molecular flexibility index (Phi) is 5.93. The molecule has 0 spiro atoms. The molecule has 0 aliphatic rings. The normalized spacial score (nSPS) is 9.36. The Hall–Kier alpha value is -0.440. The van der Waals surface area contributed by atoms with Crippen LogP contribution in [0.25, 0.3) is 0 Å². The van der Waals surface area contributed by atoms with E-state index in [0.717, 1.165) is 5.56 Å². The molecule has 0 atom stereocenters. The quantitative estimate of drug-likeness (QED) is 0.544. The number of Topliss-reactive ketones (excluding diaryl/α,β-unsaturated/α-hetero) is 2. The molecular weight excluding hydrogens is 187 g/mol. The molecule has 0 fully saturated rings. The first-order valence-corrected chi connectivity index (χ1v) is 4.18. The van der Waals surface area contributed by atoms with Crippen molar-refractivity contribution in [2.75, 3.05) is 0 Å². The van der Waals surface area contributed by atoms with Gasteiger partial charge in [0, 0.05) is 0 Å². The van der Waals surface area contributed by atoms with Gasteiger partial charge in [0.2, 0.25) is 0 Å². The first kappa shape index (κ1) is 13.6. The Balaban J connectivity index is 0.00000169. The molecule has 0 aromatic heterocycles. The van der Waals surface area contributed by atoms with Crippen LogP contribution in [0.15, 0.2) is 30.3 Å². The zero-order valence-electron chi connectivity index (χ0n) is 7.78. The molecule has 2 nitrogen and oxygen atoms in total. The van der Waals surface area contributed by atoms with Gasteiger partial charge in [-0.1, -0.05) is 30.3 Å². The summed E-state index contributed by atoms with van der Waals surface area (Å²) < 4.78 is 0. The van der Waals surface area contributed by atoms with E-state index in [9.17, 15) is 9.59 Å². The summed E-state index contributed by atoms with van der Waals surface area (Å²) in [5, 5.41) is 0. The molecule has 0 bridgehead atoms. The van der Waals surface area contributed by atoms with Crippen molar-refractivity contribution >= 4 is 41.1 Å². The second kappa shape index (κ2) is 6.12. The SMILES string of the molecule is CC(=O)C(C(C)=O)c1ccccc1.[NaH]. The summed E-state index contributed by atoms with van der Waals surface area (Å²) in [5.74, 6) is -0.779. The van der Waals surface area contributed by atoms with Crippen LogP contribution in [0.2, 0.25) is 0 Å². The molecule has 1 rings (SSSR count). The van der Waals surface area contributed by atoms with E-state index in [2.05, 4.69) is 0 Å². The summed E-state index contributed by atoms with van der Waals surface area (Å²) in [6.07, 6.45) is 0. The van der Waals surface area contributed by atoms with Crippen molar-refractivity contribution in [3.8, 4) is 0 Å². The van der Waals surface area contributed by atoms with E-state index in [1.807, 2.05) is 18.2 Å². The number of carbonyl (C=O) groups excluding carboxylic acids is 2. The number of benzene rings is 1. The molecule has 0 heterocycles. The fraction of sp³-hybridized carbons (Fsp3) is 0.273. The van der Waals surface area contributed by atoms with Crippen LogP contribution in [0.5, 0.6) is 0 Å². The summed E-state index contributed by atoms with van der Waals surface area (Å²) in [7, 11) is 0. The Morgan fingerprint density at radius 1 is 1.00 bits per heavy atom. The van der Waals surface area contributed by atoms with Crippen LogP contribution < -0.4 is 0 Å². The molecule has 3 heteroatoms. The first-order valence-electron chi connectivity index (χ1n) is 4.18. The van der Waals surface area contributed by atoms with Crippen molar-refractivity contribution in [2.24, 2.45) is 0 Å². The fourth-order valence-electron chi connectivity index (χ4n) is 1.40. The van der Waals surface area contributed by atoms with E-state index in [4.69, 9.17) is 0 Å². The molecule has 0 saturated heterocycles. The van der Waals surface area contributed by atoms with Crippen LogP contribution in [0, 0.1) is 0 Å². The molecule has 14 heavy (non-hydrogen) atoms. The van der Waals surface area contributed by atoms with Gasteiger partial charge in [0.05, 0.1) is 0 Å². The zero-order chi connectivity index (χ0) is 9.84. The molecule has 0 N–H and O–H groups in total. The molecule has 0 aliphatic heterocycles. The second-order valence-electron chi connectivity index (χ2n) is 3.06. The minimum atomic E-state index is -0.582. The Labute approximate surface area is 106 Å². The minimum absolute atomic E-state index is 0. The third-order valence-electron chi connectivity index (χ3n) is 1.95. The van der Waals surface area contributed by atoms with Gasteiger partial charge in [0.25, 0.3) is 0 Å². The number of hydrogen-bond acceptors (Lipinski definition) is 2. The van der Waals surface area contributed by atoms with E-state index in [1.165, 1.54) is 13.8 Å². The number of rotatable bonds is 3. The van der Waals surface area contributed by atoms with Crippen molar-refractivity contribution in [3.05, 3.63) is 35.9 Å². The maximum atomic E-state index is 11.2. The van der Waals surface area contributed by atoms with Gasteiger partial charge < -0.3 is 0 Å². The Bertz CT molecular complexity index is 305. The van der Waals surface area contributed by atoms with Crippen molar-refractivity contribution in [1.82, 2.24) is 0 Å². The van der Waals surface area contributed by atoms with Crippen molar-refractivity contribution < 1.29 is 9.59 Å². The monoisotopic (exact) mass is 200 g/mol. The standard InChI is InChI=1S/C11H12O2.Na.H/c1-8(12)11(9(2)13)10-6-4-3-5-7-10;;/h3-7,11H,1-2H3;;. The second-order valence-corrected chi connectivity index (χ2v) is 3.06.